The van der Waals surface area contributed by atoms with E-state index in [1.807, 2.05) is 50.7 Å². The Morgan fingerprint density at radius 3 is 2.68 bits per heavy atom. The van der Waals surface area contributed by atoms with Crippen molar-refractivity contribution in [3.05, 3.63) is 29.1 Å². The molecule has 1 aromatic rings. The molecular formula is C15H25N3O. The highest BCUT2D eigenvalue weighted by molar-refractivity contribution is 5.78. The molecular weight excluding hydrogens is 238 g/mol. The molecule has 0 spiro atoms. The number of likely N-dealkylation sites (N-methyl/N-ethyl adjacent to an activating group) is 1. The molecule has 1 aromatic heterocycles. The molecule has 4 heteroatoms. The summed E-state index contributed by atoms with van der Waals surface area (Å²) in [6.45, 7) is 7.98. The minimum atomic E-state index is 0.196. The van der Waals surface area contributed by atoms with Gasteiger partial charge in [-0.15, -0.1) is 0 Å². The van der Waals surface area contributed by atoms with E-state index in [-0.39, 0.29) is 5.91 Å². The van der Waals surface area contributed by atoms with Gasteiger partial charge in [-0.1, -0.05) is 19.9 Å². The maximum Gasteiger partial charge on any atom is 0.237 e. The Labute approximate surface area is 116 Å². The predicted octanol–water partition coefficient (Wildman–Crippen LogP) is 1.86. The number of aryl methyl sites for hydroxylation is 1. The van der Waals surface area contributed by atoms with Crippen molar-refractivity contribution in [1.29, 1.82) is 0 Å². The van der Waals surface area contributed by atoms with Gasteiger partial charge in [-0.2, -0.15) is 0 Å². The van der Waals surface area contributed by atoms with E-state index in [1.165, 1.54) is 5.56 Å². The van der Waals surface area contributed by atoms with Crippen LogP contribution in [0.15, 0.2) is 12.1 Å². The van der Waals surface area contributed by atoms with Gasteiger partial charge in [-0.05, 0) is 32.6 Å². The van der Waals surface area contributed by atoms with Gasteiger partial charge in [-0.3, -0.25) is 9.78 Å². The first-order valence-corrected chi connectivity index (χ1v) is 6.94. The first kappa shape index (κ1) is 15.6. The van der Waals surface area contributed by atoms with Crippen LogP contribution in [0.4, 0.5) is 0 Å². The number of carbonyl (C=O) groups excluding carboxylic acids is 1. The van der Waals surface area contributed by atoms with Crippen LogP contribution in [0.5, 0.6) is 0 Å². The van der Waals surface area contributed by atoms with E-state index in [1.54, 1.807) is 0 Å². The Hall–Kier alpha value is -1.42. The SMILES string of the molecule is CC.Cc1ccc2c(n1)CCN(C(=O)CN(C)C)C2. The molecule has 0 aliphatic carbocycles. The van der Waals surface area contributed by atoms with Gasteiger partial charge in [0.2, 0.25) is 5.91 Å². The van der Waals surface area contributed by atoms with Gasteiger partial charge >= 0.3 is 0 Å². The van der Waals surface area contributed by atoms with Crippen LogP contribution < -0.4 is 0 Å². The van der Waals surface area contributed by atoms with Crippen LogP contribution in [-0.4, -0.2) is 47.9 Å². The summed E-state index contributed by atoms with van der Waals surface area (Å²) in [5.74, 6) is 0.196. The van der Waals surface area contributed by atoms with E-state index >= 15 is 0 Å². The topological polar surface area (TPSA) is 36.4 Å². The standard InChI is InChI=1S/C13H19N3O.C2H6/c1-10-4-5-11-8-16(7-6-12(11)14-10)13(17)9-15(2)3;1-2/h4-5H,6-9H2,1-3H3;1-2H3. The average molecular weight is 263 g/mol. The van der Waals surface area contributed by atoms with Gasteiger partial charge < -0.3 is 9.80 Å². The van der Waals surface area contributed by atoms with Crippen molar-refractivity contribution < 1.29 is 4.79 Å². The van der Waals surface area contributed by atoms with E-state index in [0.717, 1.165) is 24.4 Å². The number of amides is 1. The molecule has 19 heavy (non-hydrogen) atoms. The molecule has 0 N–H and O–H groups in total. The zero-order valence-electron chi connectivity index (χ0n) is 12.7. The van der Waals surface area contributed by atoms with E-state index in [0.29, 0.717) is 13.1 Å². The lowest BCUT2D eigenvalue weighted by Gasteiger charge is -2.29. The number of nitrogens with zero attached hydrogens (tertiary/aromatic N) is 3. The van der Waals surface area contributed by atoms with Crippen LogP contribution in [0.2, 0.25) is 0 Å². The number of pyridine rings is 1. The summed E-state index contributed by atoms with van der Waals surface area (Å²) in [6.07, 6.45) is 0.871. The van der Waals surface area contributed by atoms with Crippen LogP contribution in [0.1, 0.15) is 30.8 Å². The van der Waals surface area contributed by atoms with Crippen LogP contribution in [0.3, 0.4) is 0 Å². The van der Waals surface area contributed by atoms with Crippen molar-refractivity contribution in [3.8, 4) is 0 Å². The maximum atomic E-state index is 11.9. The normalized spacial score (nSPS) is 13.7. The summed E-state index contributed by atoms with van der Waals surface area (Å²) in [4.78, 5) is 20.3. The fourth-order valence-electron chi connectivity index (χ4n) is 2.11. The minimum absolute atomic E-state index is 0.196. The van der Waals surface area contributed by atoms with Crippen LogP contribution in [0, 0.1) is 6.92 Å². The van der Waals surface area contributed by atoms with Crippen molar-refractivity contribution in [3.63, 3.8) is 0 Å². The molecule has 0 unspecified atom stereocenters. The molecule has 0 saturated carbocycles. The molecule has 0 radical (unpaired) electrons. The molecule has 2 heterocycles. The third-order valence-electron chi connectivity index (χ3n) is 2.99. The second kappa shape index (κ2) is 7.24. The summed E-state index contributed by atoms with van der Waals surface area (Å²) in [7, 11) is 3.83. The van der Waals surface area contributed by atoms with Gasteiger partial charge in [0.05, 0.1) is 6.54 Å². The van der Waals surface area contributed by atoms with E-state index in [4.69, 9.17) is 0 Å². The highest BCUT2D eigenvalue weighted by atomic mass is 16.2. The number of carbonyl (C=O) groups is 1. The quantitative estimate of drug-likeness (QED) is 0.817. The second-order valence-electron chi connectivity index (χ2n) is 4.86. The average Bonchev–Trinajstić information content (AvgIpc) is 2.39. The van der Waals surface area contributed by atoms with E-state index < -0.39 is 0 Å². The molecule has 4 nitrogen and oxygen atoms in total. The summed E-state index contributed by atoms with van der Waals surface area (Å²) in [6, 6.07) is 4.10. The third kappa shape index (κ3) is 4.31. The van der Waals surface area contributed by atoms with Gasteiger partial charge in [0.15, 0.2) is 0 Å². The first-order valence-electron chi connectivity index (χ1n) is 6.94. The molecule has 1 aliphatic heterocycles. The molecule has 0 fully saturated rings. The van der Waals surface area contributed by atoms with Gasteiger partial charge in [0.25, 0.3) is 0 Å². The second-order valence-corrected chi connectivity index (χ2v) is 4.86. The van der Waals surface area contributed by atoms with Crippen molar-refractivity contribution in [2.45, 2.75) is 33.7 Å². The highest BCUT2D eigenvalue weighted by Gasteiger charge is 2.21. The monoisotopic (exact) mass is 263 g/mol. The molecule has 0 atom stereocenters. The number of fused-ring (bicyclic) bond motifs is 1. The van der Waals surface area contributed by atoms with Gasteiger partial charge in [0, 0.05) is 30.9 Å². The minimum Gasteiger partial charge on any atom is -0.337 e. The summed E-state index contributed by atoms with van der Waals surface area (Å²) >= 11 is 0. The predicted molar refractivity (Wildman–Crippen MR) is 78.0 cm³/mol. The molecule has 0 aromatic carbocycles. The Kier molecular flexibility index (Phi) is 5.96. The van der Waals surface area contributed by atoms with Crippen molar-refractivity contribution in [2.24, 2.45) is 0 Å². The molecule has 0 bridgehead atoms. The van der Waals surface area contributed by atoms with Crippen LogP contribution >= 0.6 is 0 Å². The molecule has 106 valence electrons. The lowest BCUT2D eigenvalue weighted by molar-refractivity contribution is -0.132. The lowest BCUT2D eigenvalue weighted by atomic mass is 10.1. The Balaban J connectivity index is 0.000000861. The van der Waals surface area contributed by atoms with Crippen molar-refractivity contribution in [1.82, 2.24) is 14.8 Å². The number of rotatable bonds is 2. The molecule has 1 amide bonds. The summed E-state index contributed by atoms with van der Waals surface area (Å²) in [5.41, 5.74) is 3.39. The van der Waals surface area contributed by atoms with E-state index in [9.17, 15) is 4.79 Å². The maximum absolute atomic E-state index is 11.9. The fourth-order valence-corrected chi connectivity index (χ4v) is 2.11. The Morgan fingerprint density at radius 2 is 2.05 bits per heavy atom. The highest BCUT2D eigenvalue weighted by Crippen LogP contribution is 2.17. The zero-order chi connectivity index (χ0) is 14.4. The van der Waals surface area contributed by atoms with E-state index in [2.05, 4.69) is 11.1 Å². The Bertz CT molecular complexity index is 429. The molecule has 1 aliphatic rings. The number of hydrogen-bond acceptors (Lipinski definition) is 3. The molecule has 2 rings (SSSR count). The van der Waals surface area contributed by atoms with Crippen LogP contribution in [0.25, 0.3) is 0 Å². The van der Waals surface area contributed by atoms with Gasteiger partial charge in [-0.25, -0.2) is 0 Å². The van der Waals surface area contributed by atoms with Crippen molar-refractivity contribution >= 4 is 5.91 Å². The molecule has 0 saturated heterocycles. The summed E-state index contributed by atoms with van der Waals surface area (Å²) < 4.78 is 0. The van der Waals surface area contributed by atoms with Crippen LogP contribution in [-0.2, 0) is 17.8 Å². The zero-order valence-corrected chi connectivity index (χ0v) is 12.7. The first-order chi connectivity index (χ1) is 9.06. The third-order valence-corrected chi connectivity index (χ3v) is 2.99. The lowest BCUT2D eigenvalue weighted by Crippen LogP contribution is -2.41. The van der Waals surface area contributed by atoms with Gasteiger partial charge in [0.1, 0.15) is 0 Å². The summed E-state index contributed by atoms with van der Waals surface area (Å²) in [5, 5.41) is 0. The van der Waals surface area contributed by atoms with Crippen molar-refractivity contribution in [2.75, 3.05) is 27.2 Å². The number of hydrogen-bond donors (Lipinski definition) is 0. The Morgan fingerprint density at radius 1 is 1.37 bits per heavy atom. The smallest absolute Gasteiger partial charge is 0.237 e. The fraction of sp³-hybridized carbons (Fsp3) is 0.600. The number of aromatic nitrogens is 1. The largest absolute Gasteiger partial charge is 0.337 e.